The Morgan fingerprint density at radius 1 is 0.926 bits per heavy atom. The van der Waals surface area contributed by atoms with Gasteiger partial charge in [-0.15, -0.1) is 0 Å². The highest BCUT2D eigenvalue weighted by atomic mass is 35.5. The van der Waals surface area contributed by atoms with Crippen LogP contribution in [0.4, 0.5) is 0 Å². The number of amides is 1. The lowest BCUT2D eigenvalue weighted by Gasteiger charge is -2.27. The molecule has 0 spiro atoms. The minimum Gasteiger partial charge on any atom is -0.372 e. The summed E-state index contributed by atoms with van der Waals surface area (Å²) >= 11 is 12.0. The molecular weight excluding hydrogens is 383 g/mol. The van der Waals surface area contributed by atoms with Crippen molar-refractivity contribution in [1.29, 1.82) is 0 Å². The van der Waals surface area contributed by atoms with E-state index in [-0.39, 0.29) is 0 Å². The van der Waals surface area contributed by atoms with Gasteiger partial charge in [-0.25, -0.2) is 5.43 Å². The van der Waals surface area contributed by atoms with E-state index in [2.05, 4.69) is 10.5 Å². The molecule has 2 N–H and O–H groups in total. The summed E-state index contributed by atoms with van der Waals surface area (Å²) in [4.78, 5) is 12.9. The van der Waals surface area contributed by atoms with Crippen LogP contribution in [0.25, 0.3) is 0 Å². The Hall–Kier alpha value is -2.66. The van der Waals surface area contributed by atoms with Crippen LogP contribution in [0.5, 0.6) is 0 Å². The van der Waals surface area contributed by atoms with E-state index in [0.29, 0.717) is 26.7 Å². The van der Waals surface area contributed by atoms with E-state index in [4.69, 9.17) is 23.2 Å². The highest BCUT2D eigenvalue weighted by Gasteiger charge is 2.39. The van der Waals surface area contributed by atoms with Crippen LogP contribution in [-0.2, 0) is 10.4 Å². The quantitative estimate of drug-likeness (QED) is 0.494. The summed E-state index contributed by atoms with van der Waals surface area (Å²) in [5.74, 6) is -0.679. The largest absolute Gasteiger partial charge is 0.372 e. The third-order valence-electron chi connectivity index (χ3n) is 4.04. The lowest BCUT2D eigenvalue weighted by molar-refractivity contribution is -0.136. The zero-order valence-electron chi connectivity index (χ0n) is 14.1. The van der Waals surface area contributed by atoms with Crippen LogP contribution in [-0.4, -0.2) is 17.2 Å². The first kappa shape index (κ1) is 19.1. The van der Waals surface area contributed by atoms with E-state index < -0.39 is 11.5 Å². The van der Waals surface area contributed by atoms with E-state index in [1.54, 1.807) is 66.7 Å². The maximum atomic E-state index is 12.9. The van der Waals surface area contributed by atoms with Crippen LogP contribution in [0.15, 0.2) is 84.0 Å². The Morgan fingerprint density at radius 2 is 1.48 bits per heavy atom. The number of hydrogen-bond donors (Lipinski definition) is 2. The summed E-state index contributed by atoms with van der Waals surface area (Å²) in [5.41, 5.74) is 1.98. The summed E-state index contributed by atoms with van der Waals surface area (Å²) < 4.78 is 0. The van der Waals surface area contributed by atoms with E-state index in [0.717, 1.165) is 0 Å². The molecule has 0 unspecified atom stereocenters. The Bertz CT molecular complexity index is 921. The molecule has 0 fully saturated rings. The first-order chi connectivity index (χ1) is 13.0. The fourth-order valence-electron chi connectivity index (χ4n) is 2.64. The monoisotopic (exact) mass is 398 g/mol. The summed E-state index contributed by atoms with van der Waals surface area (Å²) in [6.45, 7) is 0. The Kier molecular flexibility index (Phi) is 5.91. The molecule has 0 radical (unpaired) electrons. The number of carbonyl (C=O) groups is 1. The third kappa shape index (κ3) is 4.19. The first-order valence-electron chi connectivity index (χ1n) is 8.14. The molecule has 1 amide bonds. The molecule has 0 aliphatic rings. The van der Waals surface area contributed by atoms with Crippen molar-refractivity contribution >= 4 is 35.3 Å². The van der Waals surface area contributed by atoms with Gasteiger partial charge >= 0.3 is 0 Å². The molecule has 0 saturated carbocycles. The maximum absolute atomic E-state index is 12.9. The Morgan fingerprint density at radius 3 is 2.00 bits per heavy atom. The van der Waals surface area contributed by atoms with Crippen molar-refractivity contribution in [3.63, 3.8) is 0 Å². The second-order valence-electron chi connectivity index (χ2n) is 5.81. The van der Waals surface area contributed by atoms with Gasteiger partial charge in [0.25, 0.3) is 5.91 Å². The predicted molar refractivity (Wildman–Crippen MR) is 108 cm³/mol. The average molecular weight is 399 g/mol. The van der Waals surface area contributed by atoms with Crippen molar-refractivity contribution < 1.29 is 9.90 Å². The minimum absolute atomic E-state index is 0.405. The summed E-state index contributed by atoms with van der Waals surface area (Å²) in [5, 5.41) is 16.1. The van der Waals surface area contributed by atoms with Crippen LogP contribution >= 0.6 is 23.2 Å². The van der Waals surface area contributed by atoms with Gasteiger partial charge in [-0.3, -0.25) is 4.79 Å². The molecule has 3 aromatic carbocycles. The second kappa shape index (κ2) is 8.35. The Labute approximate surface area is 167 Å². The van der Waals surface area contributed by atoms with Gasteiger partial charge in [0.1, 0.15) is 0 Å². The molecule has 27 heavy (non-hydrogen) atoms. The van der Waals surface area contributed by atoms with Gasteiger partial charge in [0, 0.05) is 10.6 Å². The smallest absolute Gasteiger partial charge is 0.281 e. The number of nitrogens with one attached hydrogen (secondary N) is 1. The number of benzene rings is 3. The van der Waals surface area contributed by atoms with Gasteiger partial charge in [0.05, 0.1) is 11.2 Å². The fraction of sp³-hybridized carbons (Fsp3) is 0.0476. The molecular formula is C21H16Cl2N2O2. The van der Waals surface area contributed by atoms with Crippen LogP contribution in [0.3, 0.4) is 0 Å². The molecule has 0 aliphatic carbocycles. The zero-order chi connectivity index (χ0) is 19.3. The van der Waals surface area contributed by atoms with Crippen molar-refractivity contribution in [2.75, 3.05) is 0 Å². The third-order valence-corrected chi connectivity index (χ3v) is 4.61. The number of hydrogen-bond acceptors (Lipinski definition) is 3. The Balaban J connectivity index is 1.89. The standard InChI is InChI=1S/C21H16Cl2N2O2/c22-18-12-11-15(19(23)13-18)14-24-25-20(26)21(27,16-7-3-1-4-8-16)17-9-5-2-6-10-17/h1-14,27H,(H,25,26)/b24-14-. The molecule has 3 rings (SSSR count). The summed E-state index contributed by atoms with van der Waals surface area (Å²) in [7, 11) is 0. The maximum Gasteiger partial charge on any atom is 0.281 e. The van der Waals surface area contributed by atoms with Gasteiger partial charge in [-0.2, -0.15) is 5.10 Å². The topological polar surface area (TPSA) is 61.7 Å². The SMILES string of the molecule is O=C(N/N=C\c1ccc(Cl)cc1Cl)C(O)(c1ccccc1)c1ccccc1. The molecule has 0 heterocycles. The van der Waals surface area contributed by atoms with Gasteiger partial charge in [0.15, 0.2) is 5.60 Å². The van der Waals surface area contributed by atoms with Crippen molar-refractivity contribution in [3.8, 4) is 0 Å². The van der Waals surface area contributed by atoms with Crippen molar-refractivity contribution in [1.82, 2.24) is 5.43 Å². The van der Waals surface area contributed by atoms with E-state index >= 15 is 0 Å². The van der Waals surface area contributed by atoms with Crippen LogP contribution in [0.2, 0.25) is 10.0 Å². The number of nitrogens with zero attached hydrogens (tertiary/aromatic N) is 1. The summed E-state index contributed by atoms with van der Waals surface area (Å²) in [6, 6.07) is 22.3. The fourth-order valence-corrected chi connectivity index (χ4v) is 3.09. The number of aliphatic hydroxyl groups is 1. The number of carbonyl (C=O) groups excluding carboxylic acids is 1. The van der Waals surface area contributed by atoms with E-state index in [1.165, 1.54) is 6.21 Å². The van der Waals surface area contributed by atoms with Gasteiger partial charge in [-0.1, -0.05) is 89.9 Å². The molecule has 0 atom stereocenters. The normalized spacial score (nSPS) is 11.5. The highest BCUT2D eigenvalue weighted by molar-refractivity contribution is 6.36. The van der Waals surface area contributed by atoms with Gasteiger partial charge in [0.2, 0.25) is 0 Å². The highest BCUT2D eigenvalue weighted by Crippen LogP contribution is 2.29. The number of hydrazone groups is 1. The van der Waals surface area contributed by atoms with Crippen molar-refractivity contribution in [2.24, 2.45) is 5.10 Å². The molecule has 3 aromatic rings. The van der Waals surface area contributed by atoms with Crippen LogP contribution < -0.4 is 5.43 Å². The molecule has 0 aliphatic heterocycles. The van der Waals surface area contributed by atoms with Crippen LogP contribution in [0, 0.1) is 0 Å². The number of rotatable bonds is 5. The lowest BCUT2D eigenvalue weighted by Crippen LogP contribution is -2.43. The van der Waals surface area contributed by atoms with Crippen molar-refractivity contribution in [3.05, 3.63) is 106 Å². The molecule has 0 bridgehead atoms. The molecule has 0 saturated heterocycles. The molecule has 0 aromatic heterocycles. The summed E-state index contributed by atoms with van der Waals surface area (Å²) in [6.07, 6.45) is 1.40. The minimum atomic E-state index is -1.89. The van der Waals surface area contributed by atoms with E-state index in [9.17, 15) is 9.90 Å². The molecule has 6 heteroatoms. The number of halogens is 2. The molecule has 136 valence electrons. The van der Waals surface area contributed by atoms with Gasteiger partial charge < -0.3 is 5.11 Å². The van der Waals surface area contributed by atoms with Crippen LogP contribution in [0.1, 0.15) is 16.7 Å². The first-order valence-corrected chi connectivity index (χ1v) is 8.89. The molecule has 4 nitrogen and oxygen atoms in total. The average Bonchev–Trinajstić information content (AvgIpc) is 2.70. The zero-order valence-corrected chi connectivity index (χ0v) is 15.7. The van der Waals surface area contributed by atoms with Gasteiger partial charge in [-0.05, 0) is 23.3 Å². The lowest BCUT2D eigenvalue weighted by atomic mass is 9.85. The second-order valence-corrected chi connectivity index (χ2v) is 6.65. The van der Waals surface area contributed by atoms with E-state index in [1.807, 2.05) is 12.1 Å². The van der Waals surface area contributed by atoms with Crippen molar-refractivity contribution in [2.45, 2.75) is 5.60 Å². The predicted octanol–water partition coefficient (Wildman–Crippen LogP) is 4.38.